The molecule has 0 saturated heterocycles. The van der Waals surface area contributed by atoms with Crippen molar-refractivity contribution in [2.75, 3.05) is 5.32 Å². The normalized spacial score (nSPS) is 12.4. The molecule has 27 heavy (non-hydrogen) atoms. The Morgan fingerprint density at radius 1 is 0.963 bits per heavy atom. The highest BCUT2D eigenvalue weighted by Gasteiger charge is 2.19. The molecule has 0 aliphatic heterocycles. The summed E-state index contributed by atoms with van der Waals surface area (Å²) in [4.78, 5) is 0. The summed E-state index contributed by atoms with van der Waals surface area (Å²) in [6.07, 6.45) is -1.11. The van der Waals surface area contributed by atoms with Crippen LogP contribution in [-0.4, -0.2) is 9.78 Å². The number of hydrogen-bond acceptors (Lipinski definition) is 2. The number of nitrogens with one attached hydrogen (secondary N) is 1. The maximum Gasteiger partial charge on any atom is 0.333 e. The molecule has 1 atom stereocenters. The van der Waals surface area contributed by atoms with Gasteiger partial charge in [-0.3, -0.25) is 0 Å². The van der Waals surface area contributed by atoms with Gasteiger partial charge in [-0.05, 0) is 31.2 Å². The van der Waals surface area contributed by atoms with E-state index in [-0.39, 0.29) is 22.5 Å². The van der Waals surface area contributed by atoms with Gasteiger partial charge < -0.3 is 5.32 Å². The average Bonchev–Trinajstić information content (AvgIpc) is 2.99. The minimum absolute atomic E-state index is 0.00251. The average molecular weight is 385 g/mol. The lowest BCUT2D eigenvalue weighted by molar-refractivity contribution is 0.0563. The summed E-state index contributed by atoms with van der Waals surface area (Å²) >= 11 is 0. The van der Waals surface area contributed by atoms with Gasteiger partial charge in [-0.15, -0.1) is 0 Å². The zero-order valence-electron chi connectivity index (χ0n) is 13.9. The zero-order chi connectivity index (χ0) is 19.7. The van der Waals surface area contributed by atoms with Gasteiger partial charge in [-0.2, -0.15) is 13.9 Å². The van der Waals surface area contributed by atoms with E-state index >= 15 is 0 Å². The number of anilines is 1. The maximum atomic E-state index is 14.4. The molecular formula is C18H13F6N3. The van der Waals surface area contributed by atoms with Crippen LogP contribution in [0.25, 0.3) is 11.1 Å². The first kappa shape index (κ1) is 18.8. The van der Waals surface area contributed by atoms with Crippen LogP contribution in [0.15, 0.2) is 42.6 Å². The lowest BCUT2D eigenvalue weighted by Crippen LogP contribution is -2.08. The lowest BCUT2D eigenvalue weighted by atomic mass is 10.1. The largest absolute Gasteiger partial charge is 0.352 e. The Labute approximate surface area is 150 Å². The summed E-state index contributed by atoms with van der Waals surface area (Å²) in [5.41, 5.74) is -0.246. The van der Waals surface area contributed by atoms with Gasteiger partial charge in [0.25, 0.3) is 0 Å². The molecule has 9 heteroatoms. The Kier molecular flexibility index (Phi) is 5.11. The fourth-order valence-corrected chi connectivity index (χ4v) is 2.61. The predicted octanol–water partition coefficient (Wildman–Crippen LogP) is 5.75. The lowest BCUT2D eigenvalue weighted by Gasteiger charge is -2.14. The summed E-state index contributed by atoms with van der Waals surface area (Å²) < 4.78 is 81.3. The van der Waals surface area contributed by atoms with Crippen LogP contribution < -0.4 is 5.32 Å². The van der Waals surface area contributed by atoms with Crippen molar-refractivity contribution in [1.29, 1.82) is 0 Å². The van der Waals surface area contributed by atoms with Gasteiger partial charge in [-0.1, -0.05) is 12.1 Å². The predicted molar refractivity (Wildman–Crippen MR) is 87.4 cm³/mol. The van der Waals surface area contributed by atoms with Gasteiger partial charge in [0.05, 0.1) is 5.69 Å². The highest BCUT2D eigenvalue weighted by atomic mass is 19.3. The first-order valence-electron chi connectivity index (χ1n) is 7.76. The quantitative estimate of drug-likeness (QED) is 0.448. The van der Waals surface area contributed by atoms with Crippen molar-refractivity contribution in [2.24, 2.45) is 0 Å². The van der Waals surface area contributed by atoms with Crippen molar-refractivity contribution in [3.8, 4) is 11.1 Å². The van der Waals surface area contributed by atoms with E-state index in [0.29, 0.717) is 4.68 Å². The van der Waals surface area contributed by atoms with Crippen LogP contribution in [0.5, 0.6) is 0 Å². The van der Waals surface area contributed by atoms with Crippen molar-refractivity contribution in [2.45, 2.75) is 19.8 Å². The second kappa shape index (κ2) is 7.34. The summed E-state index contributed by atoms with van der Waals surface area (Å²) in [5, 5.41) is 5.83. The van der Waals surface area contributed by atoms with Gasteiger partial charge in [0, 0.05) is 28.6 Å². The molecule has 142 valence electrons. The van der Waals surface area contributed by atoms with Gasteiger partial charge >= 0.3 is 6.55 Å². The Hall–Kier alpha value is -2.97. The number of aryl methyl sites for hydroxylation is 1. The summed E-state index contributed by atoms with van der Waals surface area (Å²) in [6, 6.07) is 6.53. The van der Waals surface area contributed by atoms with Crippen molar-refractivity contribution in [3.63, 3.8) is 0 Å². The standard InChI is InChI=1S/C18H13F6N3/c1-9-13(8-27(26-9)18(23)24)11-6-5-10(7-15(11)20)25-17(22)12-3-2-4-14(19)16(12)21/h2-8,17-18,25H,1H3. The molecule has 0 spiro atoms. The third kappa shape index (κ3) is 3.76. The minimum Gasteiger partial charge on any atom is -0.352 e. The highest BCUT2D eigenvalue weighted by Crippen LogP contribution is 2.31. The minimum atomic E-state index is -2.87. The Bertz CT molecular complexity index is 970. The number of alkyl halides is 3. The molecule has 1 heterocycles. The zero-order valence-corrected chi connectivity index (χ0v) is 13.9. The number of hydrogen-bond donors (Lipinski definition) is 1. The molecule has 0 aliphatic rings. The van der Waals surface area contributed by atoms with E-state index in [1.807, 2.05) is 0 Å². The SMILES string of the molecule is Cc1nn(C(F)F)cc1-c1ccc(NC(F)c2cccc(F)c2F)cc1F. The van der Waals surface area contributed by atoms with Crippen LogP contribution in [0.4, 0.5) is 32.0 Å². The fourth-order valence-electron chi connectivity index (χ4n) is 2.61. The van der Waals surface area contributed by atoms with E-state index in [0.717, 1.165) is 30.5 Å². The maximum absolute atomic E-state index is 14.4. The molecule has 2 aromatic carbocycles. The van der Waals surface area contributed by atoms with Gasteiger partial charge in [0.15, 0.2) is 17.9 Å². The molecule has 0 bridgehead atoms. The van der Waals surface area contributed by atoms with Crippen LogP contribution in [0.1, 0.15) is 24.1 Å². The third-order valence-electron chi connectivity index (χ3n) is 3.92. The van der Waals surface area contributed by atoms with E-state index in [9.17, 15) is 26.3 Å². The highest BCUT2D eigenvalue weighted by molar-refractivity contribution is 5.68. The van der Waals surface area contributed by atoms with Crippen LogP contribution in [0, 0.1) is 24.4 Å². The van der Waals surface area contributed by atoms with Crippen molar-refractivity contribution < 1.29 is 26.3 Å². The molecule has 0 radical (unpaired) electrons. The second-order valence-corrected chi connectivity index (χ2v) is 5.73. The Morgan fingerprint density at radius 2 is 1.70 bits per heavy atom. The van der Waals surface area contributed by atoms with Gasteiger partial charge in [0.1, 0.15) is 5.82 Å². The Balaban J connectivity index is 1.86. The molecule has 0 aliphatic carbocycles. The van der Waals surface area contributed by atoms with E-state index in [1.165, 1.54) is 19.1 Å². The van der Waals surface area contributed by atoms with Gasteiger partial charge in [-0.25, -0.2) is 22.2 Å². The molecule has 0 fully saturated rings. The molecule has 1 aromatic heterocycles. The third-order valence-corrected chi connectivity index (χ3v) is 3.92. The number of aromatic nitrogens is 2. The second-order valence-electron chi connectivity index (χ2n) is 5.73. The van der Waals surface area contributed by atoms with Crippen LogP contribution >= 0.6 is 0 Å². The number of benzene rings is 2. The molecule has 0 amide bonds. The first-order valence-corrected chi connectivity index (χ1v) is 7.76. The van der Waals surface area contributed by atoms with Crippen molar-refractivity contribution >= 4 is 5.69 Å². The molecular weight excluding hydrogens is 372 g/mol. The van der Waals surface area contributed by atoms with Gasteiger partial charge in [0.2, 0.25) is 0 Å². The molecule has 1 N–H and O–H groups in total. The summed E-state index contributed by atoms with van der Waals surface area (Å²) in [6.45, 7) is -1.42. The molecule has 0 saturated carbocycles. The fraction of sp³-hybridized carbons (Fsp3) is 0.167. The monoisotopic (exact) mass is 385 g/mol. The molecule has 3 aromatic rings. The van der Waals surface area contributed by atoms with E-state index in [4.69, 9.17) is 0 Å². The molecule has 3 rings (SSSR count). The van der Waals surface area contributed by atoms with Crippen molar-refractivity contribution in [1.82, 2.24) is 9.78 Å². The topological polar surface area (TPSA) is 29.9 Å². The van der Waals surface area contributed by atoms with Crippen LogP contribution in [0.2, 0.25) is 0 Å². The Morgan fingerprint density at radius 3 is 2.33 bits per heavy atom. The number of halogens is 6. The number of nitrogens with zero attached hydrogens (tertiary/aromatic N) is 2. The van der Waals surface area contributed by atoms with Crippen LogP contribution in [0.3, 0.4) is 0 Å². The smallest absolute Gasteiger partial charge is 0.333 e. The number of rotatable bonds is 5. The first-order chi connectivity index (χ1) is 12.8. The van der Waals surface area contributed by atoms with Crippen LogP contribution in [-0.2, 0) is 0 Å². The van der Waals surface area contributed by atoms with E-state index < -0.39 is 35.9 Å². The summed E-state index contributed by atoms with van der Waals surface area (Å²) in [5.74, 6) is -3.36. The van der Waals surface area contributed by atoms with E-state index in [2.05, 4.69) is 10.4 Å². The van der Waals surface area contributed by atoms with E-state index in [1.54, 1.807) is 0 Å². The molecule has 1 unspecified atom stereocenters. The summed E-state index contributed by atoms with van der Waals surface area (Å²) in [7, 11) is 0. The van der Waals surface area contributed by atoms with Crippen molar-refractivity contribution in [3.05, 3.63) is 71.3 Å². The molecule has 3 nitrogen and oxygen atoms in total.